The lowest BCUT2D eigenvalue weighted by Crippen LogP contribution is -2.76. The van der Waals surface area contributed by atoms with E-state index in [0.29, 0.717) is 0 Å². The smallest absolute Gasteiger partial charge is 0.162 e. The fraction of sp³-hybridized carbons (Fsp3) is 0.353. The molecule has 0 radical (unpaired) electrons. The predicted octanol–water partition coefficient (Wildman–Crippen LogP) is 2.46. The van der Waals surface area contributed by atoms with Crippen LogP contribution in [0.3, 0.4) is 0 Å². The summed E-state index contributed by atoms with van der Waals surface area (Å²) in [5, 5.41) is 3.48. The highest BCUT2D eigenvalue weighted by Gasteiger charge is 2.33. The molecular weight excluding hydrogens is 294 g/mol. The molecule has 1 aliphatic rings. The Morgan fingerprint density at radius 2 is 2.05 bits per heavy atom. The van der Waals surface area contributed by atoms with Crippen LogP contribution in [0.2, 0.25) is 0 Å². The quantitative estimate of drug-likeness (QED) is 0.519. The van der Waals surface area contributed by atoms with E-state index in [1.165, 1.54) is 5.56 Å². The summed E-state index contributed by atoms with van der Waals surface area (Å²) >= 11 is 5.48. The van der Waals surface area contributed by atoms with Crippen molar-refractivity contribution in [2.75, 3.05) is 7.11 Å². The lowest BCUT2D eigenvalue weighted by atomic mass is 9.90. The molecule has 0 bridgehead atoms. The molecule has 0 saturated heterocycles. The van der Waals surface area contributed by atoms with E-state index in [1.807, 2.05) is 38.1 Å². The first kappa shape index (κ1) is 16.7. The van der Waals surface area contributed by atoms with Gasteiger partial charge in [0.1, 0.15) is 4.99 Å². The van der Waals surface area contributed by atoms with Gasteiger partial charge in [-0.05, 0) is 24.6 Å². The Bertz CT molecular complexity index is 653. The van der Waals surface area contributed by atoms with E-state index in [0.717, 1.165) is 22.9 Å². The van der Waals surface area contributed by atoms with Crippen LogP contribution in [0.15, 0.2) is 42.6 Å². The van der Waals surface area contributed by atoms with Crippen LogP contribution >= 0.6 is 12.2 Å². The summed E-state index contributed by atoms with van der Waals surface area (Å²) in [5.41, 5.74) is 4.87. The highest BCUT2D eigenvalue weighted by Crippen LogP contribution is 2.29. The molecule has 0 fully saturated rings. The standard InChI is InChI=1S/C15H17N3OS.C2H6/c1-15(11-5-3-6-12(9-11)17-19-2)10-18-8-4-7-13(18)14(20)16-15;1-2/h3-9,17H,10H2,1-2H3,(H,16,20);1-2H3/p+1. The first-order valence-electron chi connectivity index (χ1n) is 7.57. The molecule has 1 unspecified atom stereocenters. The van der Waals surface area contributed by atoms with Gasteiger partial charge in [-0.2, -0.15) is 5.48 Å². The van der Waals surface area contributed by atoms with E-state index in [4.69, 9.17) is 17.1 Å². The van der Waals surface area contributed by atoms with Gasteiger partial charge in [0.25, 0.3) is 0 Å². The molecule has 4 nitrogen and oxygen atoms in total. The third-order valence-corrected chi connectivity index (χ3v) is 4.03. The Morgan fingerprint density at radius 1 is 1.27 bits per heavy atom. The van der Waals surface area contributed by atoms with Crippen LogP contribution in [0, 0.1) is 0 Å². The number of rotatable bonds is 3. The Kier molecular flexibility index (Phi) is 5.34. The molecule has 1 atom stereocenters. The zero-order valence-electron chi connectivity index (χ0n) is 13.6. The van der Waals surface area contributed by atoms with E-state index in [9.17, 15) is 0 Å². The Balaban J connectivity index is 0.000000847. The van der Waals surface area contributed by atoms with Crippen molar-refractivity contribution >= 4 is 22.9 Å². The molecular formula is C17H24N3OS+. The summed E-state index contributed by atoms with van der Waals surface area (Å²) in [6.45, 7) is 7.03. The molecule has 0 amide bonds. The molecule has 0 spiro atoms. The Hall–Kier alpha value is -1.69. The van der Waals surface area contributed by atoms with E-state index in [2.05, 4.69) is 35.1 Å². The number of thiocarbonyl (C=S) groups is 1. The number of nitrogens with two attached hydrogens (primary N) is 1. The van der Waals surface area contributed by atoms with Crippen LogP contribution in [-0.4, -0.2) is 16.7 Å². The largest absolute Gasteiger partial charge is 0.364 e. The molecule has 2 heterocycles. The van der Waals surface area contributed by atoms with Gasteiger partial charge in [-0.3, -0.25) is 0 Å². The monoisotopic (exact) mass is 318 g/mol. The molecule has 1 aliphatic heterocycles. The number of hydrogen-bond donors (Lipinski definition) is 2. The van der Waals surface area contributed by atoms with Gasteiger partial charge in [-0.25, -0.2) is 4.84 Å². The van der Waals surface area contributed by atoms with Crippen LogP contribution in [0.1, 0.15) is 32.0 Å². The minimum Gasteiger partial charge on any atom is -0.364 e. The minimum absolute atomic E-state index is 0.208. The second-order valence-electron chi connectivity index (χ2n) is 5.29. The fourth-order valence-electron chi connectivity index (χ4n) is 2.71. The second kappa shape index (κ2) is 7.05. The number of quaternary nitrogens is 1. The number of nitrogens with zero attached hydrogens (tertiary/aromatic N) is 1. The molecule has 2 aromatic rings. The third-order valence-electron chi connectivity index (χ3n) is 3.72. The summed E-state index contributed by atoms with van der Waals surface area (Å²) < 4.78 is 2.20. The van der Waals surface area contributed by atoms with Crippen LogP contribution in [0.5, 0.6) is 0 Å². The molecule has 1 aromatic heterocycles. The van der Waals surface area contributed by atoms with Crippen molar-refractivity contribution in [2.45, 2.75) is 32.9 Å². The molecule has 22 heavy (non-hydrogen) atoms. The van der Waals surface area contributed by atoms with Gasteiger partial charge in [0, 0.05) is 24.9 Å². The van der Waals surface area contributed by atoms with Gasteiger partial charge >= 0.3 is 0 Å². The fourth-order valence-corrected chi connectivity index (χ4v) is 3.12. The van der Waals surface area contributed by atoms with Gasteiger partial charge in [0.05, 0.1) is 18.3 Å². The first-order valence-corrected chi connectivity index (χ1v) is 7.97. The Morgan fingerprint density at radius 3 is 2.77 bits per heavy atom. The molecule has 0 saturated carbocycles. The zero-order valence-corrected chi connectivity index (χ0v) is 14.4. The summed E-state index contributed by atoms with van der Waals surface area (Å²) in [6.07, 6.45) is 2.08. The maximum Gasteiger partial charge on any atom is 0.162 e. The topological polar surface area (TPSA) is 42.8 Å². The van der Waals surface area contributed by atoms with Crippen molar-refractivity contribution in [3.8, 4) is 0 Å². The average molecular weight is 318 g/mol. The molecule has 5 heteroatoms. The van der Waals surface area contributed by atoms with Crippen LogP contribution in [-0.2, 0) is 16.9 Å². The van der Waals surface area contributed by atoms with Gasteiger partial charge < -0.3 is 9.88 Å². The second-order valence-corrected chi connectivity index (χ2v) is 5.69. The van der Waals surface area contributed by atoms with Gasteiger partial charge in [0.2, 0.25) is 0 Å². The molecule has 3 N–H and O–H groups in total. The average Bonchev–Trinajstić information content (AvgIpc) is 2.98. The Labute approximate surface area is 137 Å². The van der Waals surface area contributed by atoms with Gasteiger partial charge in [-0.15, -0.1) is 0 Å². The van der Waals surface area contributed by atoms with Crippen LogP contribution in [0.25, 0.3) is 0 Å². The van der Waals surface area contributed by atoms with Crippen molar-refractivity contribution in [3.63, 3.8) is 0 Å². The van der Waals surface area contributed by atoms with Crippen molar-refractivity contribution in [1.29, 1.82) is 0 Å². The number of fused-ring (bicyclic) bond motifs is 1. The first-order chi connectivity index (χ1) is 10.6. The number of benzene rings is 1. The van der Waals surface area contributed by atoms with Crippen molar-refractivity contribution < 1.29 is 10.3 Å². The molecule has 3 rings (SSSR count). The van der Waals surface area contributed by atoms with Gasteiger partial charge in [0.15, 0.2) is 5.69 Å². The van der Waals surface area contributed by atoms with Crippen LogP contribution < -0.4 is 10.8 Å². The normalized spacial score (nSPS) is 19.7. The van der Waals surface area contributed by atoms with Crippen molar-refractivity contribution in [3.05, 3.63) is 53.9 Å². The van der Waals surface area contributed by atoms with Crippen LogP contribution in [0.4, 0.5) is 5.69 Å². The van der Waals surface area contributed by atoms with Crippen molar-refractivity contribution in [2.24, 2.45) is 0 Å². The SMILES string of the molecule is CC.CO[NH2+]c1cccc(C2(C)Cn3cccc3C(=S)N2)c1. The molecule has 0 aliphatic carbocycles. The highest BCUT2D eigenvalue weighted by atomic mass is 32.1. The van der Waals surface area contributed by atoms with E-state index in [-0.39, 0.29) is 5.54 Å². The lowest BCUT2D eigenvalue weighted by Gasteiger charge is -2.37. The zero-order chi connectivity index (χ0) is 16.2. The molecule has 118 valence electrons. The maximum atomic E-state index is 5.48. The summed E-state index contributed by atoms with van der Waals surface area (Å²) in [5.74, 6) is 0. The predicted molar refractivity (Wildman–Crippen MR) is 93.0 cm³/mol. The molecule has 1 aromatic carbocycles. The summed E-state index contributed by atoms with van der Waals surface area (Å²) in [6, 6.07) is 12.4. The van der Waals surface area contributed by atoms with E-state index >= 15 is 0 Å². The van der Waals surface area contributed by atoms with Crippen molar-refractivity contribution in [1.82, 2.24) is 9.88 Å². The summed E-state index contributed by atoms with van der Waals surface area (Å²) in [7, 11) is 1.66. The van der Waals surface area contributed by atoms with E-state index < -0.39 is 0 Å². The number of nitrogens with one attached hydrogen (secondary N) is 1. The van der Waals surface area contributed by atoms with Gasteiger partial charge in [-0.1, -0.05) is 38.2 Å². The maximum absolute atomic E-state index is 5.48. The third kappa shape index (κ3) is 3.21. The highest BCUT2D eigenvalue weighted by molar-refractivity contribution is 7.80. The lowest BCUT2D eigenvalue weighted by molar-refractivity contribution is -0.830. The van der Waals surface area contributed by atoms with E-state index in [1.54, 1.807) is 12.6 Å². The minimum atomic E-state index is -0.208. The number of aromatic nitrogens is 1. The summed E-state index contributed by atoms with van der Waals surface area (Å²) in [4.78, 5) is 5.89. The number of hydrogen-bond acceptors (Lipinski definition) is 2.